The van der Waals surface area contributed by atoms with Crippen molar-refractivity contribution in [1.29, 1.82) is 0 Å². The van der Waals surface area contributed by atoms with Gasteiger partial charge in [0.15, 0.2) is 0 Å². The highest BCUT2D eigenvalue weighted by molar-refractivity contribution is 5.95. The maximum absolute atomic E-state index is 12.6. The lowest BCUT2D eigenvalue weighted by Gasteiger charge is -2.35. The van der Waals surface area contributed by atoms with Gasteiger partial charge >= 0.3 is 0 Å². The van der Waals surface area contributed by atoms with E-state index in [1.54, 1.807) is 4.90 Å². The van der Waals surface area contributed by atoms with Crippen LogP contribution >= 0.6 is 0 Å². The van der Waals surface area contributed by atoms with Crippen molar-refractivity contribution in [3.8, 4) is 0 Å². The van der Waals surface area contributed by atoms with Gasteiger partial charge in [-0.25, -0.2) is 0 Å². The molecule has 3 heteroatoms. The minimum Gasteiger partial charge on any atom is -0.391 e. The minimum atomic E-state index is -0.382. The normalized spacial score (nSPS) is 23.2. The molecule has 1 aliphatic carbocycles. The van der Waals surface area contributed by atoms with Crippen molar-refractivity contribution in [3.05, 3.63) is 34.9 Å². The lowest BCUT2D eigenvalue weighted by atomic mass is 9.91. The zero-order valence-corrected chi connectivity index (χ0v) is 12.0. The van der Waals surface area contributed by atoms with E-state index in [1.807, 2.05) is 39.1 Å². The number of benzene rings is 1. The Morgan fingerprint density at radius 1 is 1.26 bits per heavy atom. The van der Waals surface area contributed by atoms with Gasteiger partial charge in [-0.3, -0.25) is 4.79 Å². The van der Waals surface area contributed by atoms with Crippen LogP contribution in [-0.4, -0.2) is 35.1 Å². The van der Waals surface area contributed by atoms with E-state index in [2.05, 4.69) is 0 Å². The molecule has 0 aliphatic heterocycles. The molecule has 1 aliphatic rings. The quantitative estimate of drug-likeness (QED) is 0.889. The van der Waals surface area contributed by atoms with Crippen LogP contribution in [-0.2, 0) is 0 Å². The van der Waals surface area contributed by atoms with Crippen molar-refractivity contribution >= 4 is 5.91 Å². The number of amides is 1. The molecule has 0 bridgehead atoms. The fourth-order valence-electron chi connectivity index (χ4n) is 2.85. The third-order valence-electron chi connectivity index (χ3n) is 4.14. The molecule has 2 unspecified atom stereocenters. The Bertz CT molecular complexity index is 470. The number of aliphatic hydroxyl groups is 1. The van der Waals surface area contributed by atoms with Gasteiger partial charge in [0.2, 0.25) is 0 Å². The summed E-state index contributed by atoms with van der Waals surface area (Å²) in [7, 11) is 1.81. The van der Waals surface area contributed by atoms with Crippen molar-refractivity contribution in [2.24, 2.45) is 0 Å². The topological polar surface area (TPSA) is 40.5 Å². The lowest BCUT2D eigenvalue weighted by Crippen LogP contribution is -2.46. The molecule has 3 nitrogen and oxygen atoms in total. The number of aryl methyl sites for hydroxylation is 2. The first-order valence-electron chi connectivity index (χ1n) is 7.03. The molecule has 1 amide bonds. The van der Waals surface area contributed by atoms with Crippen LogP contribution in [0.3, 0.4) is 0 Å². The van der Waals surface area contributed by atoms with Gasteiger partial charge < -0.3 is 10.0 Å². The van der Waals surface area contributed by atoms with E-state index in [9.17, 15) is 9.90 Å². The van der Waals surface area contributed by atoms with Crippen molar-refractivity contribution in [2.75, 3.05) is 7.05 Å². The summed E-state index contributed by atoms with van der Waals surface area (Å²) in [6, 6.07) is 5.89. The number of likely N-dealkylation sites (N-methyl/N-ethyl adjacent to an activating group) is 1. The smallest absolute Gasteiger partial charge is 0.254 e. The number of nitrogens with zero attached hydrogens (tertiary/aromatic N) is 1. The van der Waals surface area contributed by atoms with Crippen molar-refractivity contribution in [1.82, 2.24) is 4.90 Å². The molecule has 1 fully saturated rings. The average molecular weight is 261 g/mol. The monoisotopic (exact) mass is 261 g/mol. The van der Waals surface area contributed by atoms with Crippen molar-refractivity contribution in [3.63, 3.8) is 0 Å². The molecule has 0 heterocycles. The van der Waals surface area contributed by atoms with E-state index in [-0.39, 0.29) is 18.1 Å². The zero-order chi connectivity index (χ0) is 14.0. The maximum Gasteiger partial charge on any atom is 0.254 e. The van der Waals surface area contributed by atoms with Crippen LogP contribution in [0.5, 0.6) is 0 Å². The number of hydrogen-bond acceptors (Lipinski definition) is 2. The highest BCUT2D eigenvalue weighted by Crippen LogP contribution is 2.24. The molecule has 2 atom stereocenters. The van der Waals surface area contributed by atoms with Gasteiger partial charge in [-0.2, -0.15) is 0 Å². The summed E-state index contributed by atoms with van der Waals surface area (Å²) in [4.78, 5) is 14.3. The van der Waals surface area contributed by atoms with Crippen LogP contribution < -0.4 is 0 Å². The zero-order valence-electron chi connectivity index (χ0n) is 12.0. The second kappa shape index (κ2) is 5.74. The molecular formula is C16H23NO2. The first-order chi connectivity index (χ1) is 9.00. The van der Waals surface area contributed by atoms with Crippen LogP contribution in [0.2, 0.25) is 0 Å². The number of carbonyl (C=O) groups is 1. The molecule has 1 aromatic rings. The molecule has 1 N–H and O–H groups in total. The molecule has 2 rings (SSSR count). The van der Waals surface area contributed by atoms with Gasteiger partial charge in [-0.05, 0) is 38.3 Å². The summed E-state index contributed by atoms with van der Waals surface area (Å²) in [5.41, 5.74) is 2.83. The first-order valence-corrected chi connectivity index (χ1v) is 7.03. The Labute approximate surface area is 115 Å². The standard InChI is InChI=1S/C16H23NO2/c1-11-8-9-12(2)13(10-11)16(19)17(3)14-6-4-5-7-15(14)18/h8-10,14-15,18H,4-7H2,1-3H3. The Morgan fingerprint density at radius 2 is 1.95 bits per heavy atom. The van der Waals surface area contributed by atoms with Gasteiger partial charge in [-0.1, -0.05) is 30.5 Å². The lowest BCUT2D eigenvalue weighted by molar-refractivity contribution is 0.0267. The van der Waals surface area contributed by atoms with Gasteiger partial charge in [0.05, 0.1) is 12.1 Å². The second-order valence-corrected chi connectivity index (χ2v) is 5.65. The minimum absolute atomic E-state index is 0.0205. The fourth-order valence-corrected chi connectivity index (χ4v) is 2.85. The van der Waals surface area contributed by atoms with E-state index in [1.165, 1.54) is 0 Å². The molecule has 0 radical (unpaired) electrons. The predicted molar refractivity (Wildman–Crippen MR) is 76.3 cm³/mol. The number of carbonyl (C=O) groups excluding carboxylic acids is 1. The predicted octanol–water partition coefficient (Wildman–Crippen LogP) is 2.68. The molecule has 0 aromatic heterocycles. The number of hydrogen-bond donors (Lipinski definition) is 1. The van der Waals surface area contributed by atoms with Crippen LogP contribution in [0.1, 0.15) is 47.2 Å². The second-order valence-electron chi connectivity index (χ2n) is 5.65. The van der Waals surface area contributed by atoms with Gasteiger partial charge in [0.25, 0.3) is 5.91 Å². The molecule has 0 saturated heterocycles. The van der Waals surface area contributed by atoms with Crippen LogP contribution in [0, 0.1) is 13.8 Å². The van der Waals surface area contributed by atoms with E-state index in [4.69, 9.17) is 0 Å². The average Bonchev–Trinajstić information content (AvgIpc) is 2.40. The third-order valence-corrected chi connectivity index (χ3v) is 4.14. The van der Waals surface area contributed by atoms with Crippen molar-refractivity contribution in [2.45, 2.75) is 51.7 Å². The van der Waals surface area contributed by atoms with Crippen LogP contribution in [0.15, 0.2) is 18.2 Å². The van der Waals surface area contributed by atoms with Crippen molar-refractivity contribution < 1.29 is 9.90 Å². The van der Waals surface area contributed by atoms with Crippen LogP contribution in [0.25, 0.3) is 0 Å². The van der Waals surface area contributed by atoms with Gasteiger partial charge in [-0.15, -0.1) is 0 Å². The summed E-state index contributed by atoms with van der Waals surface area (Å²) in [5, 5.41) is 10.1. The Hall–Kier alpha value is -1.35. The van der Waals surface area contributed by atoms with Gasteiger partial charge in [0, 0.05) is 12.6 Å². The molecular weight excluding hydrogens is 238 g/mol. The molecule has 19 heavy (non-hydrogen) atoms. The summed E-state index contributed by atoms with van der Waals surface area (Å²) in [6.45, 7) is 3.95. The number of aliphatic hydroxyl groups excluding tert-OH is 1. The van der Waals surface area contributed by atoms with E-state index in [0.29, 0.717) is 0 Å². The first kappa shape index (κ1) is 14.1. The molecule has 104 valence electrons. The Balaban J connectivity index is 2.20. The third kappa shape index (κ3) is 2.98. The SMILES string of the molecule is Cc1ccc(C)c(C(=O)N(C)C2CCCCC2O)c1. The van der Waals surface area contributed by atoms with Crippen LogP contribution in [0.4, 0.5) is 0 Å². The number of rotatable bonds is 2. The van der Waals surface area contributed by atoms with E-state index < -0.39 is 0 Å². The molecule has 1 aromatic carbocycles. The highest BCUT2D eigenvalue weighted by Gasteiger charge is 2.30. The van der Waals surface area contributed by atoms with Gasteiger partial charge in [0.1, 0.15) is 0 Å². The summed E-state index contributed by atoms with van der Waals surface area (Å²) in [6.07, 6.45) is 3.46. The largest absolute Gasteiger partial charge is 0.391 e. The summed E-state index contributed by atoms with van der Waals surface area (Å²) in [5.74, 6) is 0.0205. The summed E-state index contributed by atoms with van der Waals surface area (Å²) < 4.78 is 0. The summed E-state index contributed by atoms with van der Waals surface area (Å²) >= 11 is 0. The Kier molecular flexibility index (Phi) is 4.25. The maximum atomic E-state index is 12.6. The van der Waals surface area contributed by atoms with E-state index in [0.717, 1.165) is 42.4 Å². The molecule has 1 saturated carbocycles. The Morgan fingerprint density at radius 3 is 2.63 bits per heavy atom. The molecule has 0 spiro atoms. The van der Waals surface area contributed by atoms with E-state index >= 15 is 0 Å². The highest BCUT2D eigenvalue weighted by atomic mass is 16.3. The fraction of sp³-hybridized carbons (Fsp3) is 0.562.